The fourth-order valence-corrected chi connectivity index (χ4v) is 2.70. The van der Waals surface area contributed by atoms with E-state index in [-0.39, 0.29) is 11.8 Å². The van der Waals surface area contributed by atoms with Crippen LogP contribution in [0.1, 0.15) is 32.3 Å². The lowest BCUT2D eigenvalue weighted by Crippen LogP contribution is -2.43. The van der Waals surface area contributed by atoms with Crippen molar-refractivity contribution < 1.29 is 4.79 Å². The average molecular weight is 274 g/mol. The Balaban J connectivity index is 1.83. The number of nitrogens with zero attached hydrogens (tertiary/aromatic N) is 1. The molecule has 1 aliphatic heterocycles. The number of piperidine rings is 1. The van der Waals surface area contributed by atoms with Crippen LogP contribution in [-0.2, 0) is 11.3 Å². The SMILES string of the molecule is CC(C)CNC(=O)C1CCCN(Cc2ccccc2)C1. The number of carbonyl (C=O) groups is 1. The van der Waals surface area contributed by atoms with Crippen molar-refractivity contribution in [2.24, 2.45) is 11.8 Å². The highest BCUT2D eigenvalue weighted by Crippen LogP contribution is 2.18. The van der Waals surface area contributed by atoms with Crippen molar-refractivity contribution in [2.75, 3.05) is 19.6 Å². The molecule has 20 heavy (non-hydrogen) atoms. The molecule has 110 valence electrons. The molecule has 0 spiro atoms. The summed E-state index contributed by atoms with van der Waals surface area (Å²) < 4.78 is 0. The predicted molar refractivity (Wildman–Crippen MR) is 82.3 cm³/mol. The highest BCUT2D eigenvalue weighted by atomic mass is 16.1. The Bertz CT molecular complexity index is 416. The molecule has 0 radical (unpaired) electrons. The normalized spacial score (nSPS) is 20.1. The first-order chi connectivity index (χ1) is 9.65. The second kappa shape index (κ2) is 7.44. The molecule has 1 fully saturated rings. The van der Waals surface area contributed by atoms with Crippen LogP contribution < -0.4 is 5.32 Å². The smallest absolute Gasteiger partial charge is 0.224 e. The van der Waals surface area contributed by atoms with E-state index in [9.17, 15) is 4.79 Å². The molecule has 1 amide bonds. The third-order valence-electron chi connectivity index (χ3n) is 3.81. The van der Waals surface area contributed by atoms with Crippen LogP contribution >= 0.6 is 0 Å². The summed E-state index contributed by atoms with van der Waals surface area (Å²) in [7, 11) is 0. The Morgan fingerprint density at radius 1 is 1.35 bits per heavy atom. The second-order valence-corrected chi connectivity index (χ2v) is 6.20. The fraction of sp³-hybridized carbons (Fsp3) is 0.588. The maximum Gasteiger partial charge on any atom is 0.224 e. The number of hydrogen-bond donors (Lipinski definition) is 1. The Labute approximate surface area is 122 Å². The zero-order valence-electron chi connectivity index (χ0n) is 12.6. The van der Waals surface area contributed by atoms with Gasteiger partial charge in [-0.3, -0.25) is 9.69 Å². The standard InChI is InChI=1S/C17H26N2O/c1-14(2)11-18-17(20)16-9-6-10-19(13-16)12-15-7-4-3-5-8-15/h3-5,7-8,14,16H,6,9-13H2,1-2H3,(H,18,20). The van der Waals surface area contributed by atoms with E-state index in [1.54, 1.807) is 0 Å². The predicted octanol–water partition coefficient (Wildman–Crippen LogP) is 2.67. The van der Waals surface area contributed by atoms with Crippen molar-refractivity contribution in [3.63, 3.8) is 0 Å². The zero-order chi connectivity index (χ0) is 14.4. The molecule has 0 saturated carbocycles. The lowest BCUT2D eigenvalue weighted by Gasteiger charge is -2.32. The molecule has 1 heterocycles. The summed E-state index contributed by atoms with van der Waals surface area (Å²) in [5, 5.41) is 3.07. The molecule has 0 aliphatic carbocycles. The highest BCUT2D eigenvalue weighted by Gasteiger charge is 2.25. The Kier molecular flexibility index (Phi) is 5.60. The number of amides is 1. The molecule has 1 saturated heterocycles. The minimum absolute atomic E-state index is 0.159. The number of likely N-dealkylation sites (tertiary alicyclic amines) is 1. The molecule has 1 atom stereocenters. The monoisotopic (exact) mass is 274 g/mol. The molecule has 1 aromatic rings. The zero-order valence-corrected chi connectivity index (χ0v) is 12.6. The van der Waals surface area contributed by atoms with E-state index in [0.29, 0.717) is 5.92 Å². The summed E-state index contributed by atoms with van der Waals surface area (Å²) >= 11 is 0. The maximum atomic E-state index is 12.2. The van der Waals surface area contributed by atoms with Crippen molar-refractivity contribution in [2.45, 2.75) is 33.2 Å². The first-order valence-electron chi connectivity index (χ1n) is 7.69. The molecule has 0 aromatic heterocycles. The number of rotatable bonds is 5. The molecule has 1 aromatic carbocycles. The van der Waals surface area contributed by atoms with E-state index >= 15 is 0 Å². The fourth-order valence-electron chi connectivity index (χ4n) is 2.70. The van der Waals surface area contributed by atoms with Gasteiger partial charge in [-0.05, 0) is 30.9 Å². The van der Waals surface area contributed by atoms with Gasteiger partial charge in [-0.15, -0.1) is 0 Å². The van der Waals surface area contributed by atoms with E-state index in [1.807, 2.05) is 6.07 Å². The van der Waals surface area contributed by atoms with Crippen LogP contribution in [0.2, 0.25) is 0 Å². The van der Waals surface area contributed by atoms with E-state index < -0.39 is 0 Å². The van der Waals surface area contributed by atoms with Gasteiger partial charge in [0.05, 0.1) is 5.92 Å². The molecule has 3 heteroatoms. The molecule has 1 N–H and O–H groups in total. The highest BCUT2D eigenvalue weighted by molar-refractivity contribution is 5.78. The van der Waals surface area contributed by atoms with Crippen molar-refractivity contribution in [1.29, 1.82) is 0 Å². The van der Waals surface area contributed by atoms with Crippen LogP contribution in [0.25, 0.3) is 0 Å². The third kappa shape index (κ3) is 4.64. The first-order valence-corrected chi connectivity index (χ1v) is 7.69. The minimum atomic E-state index is 0.159. The number of carbonyl (C=O) groups excluding carboxylic acids is 1. The molecule has 0 bridgehead atoms. The summed E-state index contributed by atoms with van der Waals surface area (Å²) in [5.74, 6) is 0.908. The van der Waals surface area contributed by atoms with Crippen LogP contribution in [0.5, 0.6) is 0 Å². The van der Waals surface area contributed by atoms with Gasteiger partial charge in [-0.1, -0.05) is 44.2 Å². The average Bonchev–Trinajstić information content (AvgIpc) is 2.46. The number of benzene rings is 1. The summed E-state index contributed by atoms with van der Waals surface area (Å²) in [5.41, 5.74) is 1.33. The van der Waals surface area contributed by atoms with Crippen LogP contribution in [0.4, 0.5) is 0 Å². The molecule has 1 aliphatic rings. The van der Waals surface area contributed by atoms with Crippen LogP contribution in [-0.4, -0.2) is 30.4 Å². The number of hydrogen-bond acceptors (Lipinski definition) is 2. The quantitative estimate of drug-likeness (QED) is 0.895. The molecule has 2 rings (SSSR count). The summed E-state index contributed by atoms with van der Waals surface area (Å²) in [6, 6.07) is 10.5. The van der Waals surface area contributed by atoms with E-state index in [2.05, 4.69) is 48.3 Å². The van der Waals surface area contributed by atoms with Crippen LogP contribution in [0.3, 0.4) is 0 Å². The van der Waals surface area contributed by atoms with Gasteiger partial charge < -0.3 is 5.32 Å². The van der Waals surface area contributed by atoms with Gasteiger partial charge in [0, 0.05) is 19.6 Å². The lowest BCUT2D eigenvalue weighted by atomic mass is 9.96. The van der Waals surface area contributed by atoms with Crippen molar-refractivity contribution in [3.8, 4) is 0 Å². The number of nitrogens with one attached hydrogen (secondary N) is 1. The van der Waals surface area contributed by atoms with Gasteiger partial charge >= 0.3 is 0 Å². The van der Waals surface area contributed by atoms with Crippen LogP contribution in [0, 0.1) is 11.8 Å². The topological polar surface area (TPSA) is 32.3 Å². The first kappa shape index (κ1) is 15.0. The van der Waals surface area contributed by atoms with Gasteiger partial charge in [0.1, 0.15) is 0 Å². The summed E-state index contributed by atoms with van der Waals surface area (Å²) in [4.78, 5) is 14.6. The van der Waals surface area contributed by atoms with E-state index in [4.69, 9.17) is 0 Å². The molecular weight excluding hydrogens is 248 g/mol. The second-order valence-electron chi connectivity index (χ2n) is 6.20. The lowest BCUT2D eigenvalue weighted by molar-refractivity contribution is -0.126. The van der Waals surface area contributed by atoms with Crippen molar-refractivity contribution in [1.82, 2.24) is 10.2 Å². The van der Waals surface area contributed by atoms with Gasteiger partial charge in [-0.2, -0.15) is 0 Å². The van der Waals surface area contributed by atoms with Gasteiger partial charge in [0.2, 0.25) is 5.91 Å². The molecule has 1 unspecified atom stereocenters. The van der Waals surface area contributed by atoms with E-state index in [1.165, 1.54) is 5.56 Å². The van der Waals surface area contributed by atoms with Crippen molar-refractivity contribution in [3.05, 3.63) is 35.9 Å². The summed E-state index contributed by atoms with van der Waals surface area (Å²) in [6.07, 6.45) is 2.14. The largest absolute Gasteiger partial charge is 0.356 e. The third-order valence-corrected chi connectivity index (χ3v) is 3.81. The van der Waals surface area contributed by atoms with Crippen molar-refractivity contribution >= 4 is 5.91 Å². The Hall–Kier alpha value is -1.35. The van der Waals surface area contributed by atoms with Gasteiger partial charge in [-0.25, -0.2) is 0 Å². The maximum absolute atomic E-state index is 12.2. The Morgan fingerprint density at radius 2 is 2.10 bits per heavy atom. The molecule has 3 nitrogen and oxygen atoms in total. The minimum Gasteiger partial charge on any atom is -0.356 e. The van der Waals surface area contributed by atoms with Crippen LogP contribution in [0.15, 0.2) is 30.3 Å². The Morgan fingerprint density at radius 3 is 2.80 bits per heavy atom. The summed E-state index contributed by atoms with van der Waals surface area (Å²) in [6.45, 7) is 7.98. The van der Waals surface area contributed by atoms with E-state index in [0.717, 1.165) is 39.0 Å². The van der Waals surface area contributed by atoms with Gasteiger partial charge in [0.25, 0.3) is 0 Å². The van der Waals surface area contributed by atoms with Gasteiger partial charge in [0.15, 0.2) is 0 Å². The molecular formula is C17H26N2O.